The third-order valence-electron chi connectivity index (χ3n) is 4.16. The molecule has 4 heteroatoms. The molecule has 1 aliphatic heterocycles. The van der Waals surface area contributed by atoms with Gasteiger partial charge in [-0.3, -0.25) is 4.90 Å². The van der Waals surface area contributed by atoms with E-state index in [9.17, 15) is 0 Å². The van der Waals surface area contributed by atoms with Gasteiger partial charge in [0.25, 0.3) is 0 Å². The number of nitrogens with one attached hydrogen (secondary N) is 1. The number of halogens is 1. The topological polar surface area (TPSA) is 24.5 Å². The fourth-order valence-corrected chi connectivity index (χ4v) is 3.02. The molecule has 1 aromatic rings. The highest BCUT2D eigenvalue weighted by Crippen LogP contribution is 2.26. The van der Waals surface area contributed by atoms with Gasteiger partial charge in [-0.15, -0.1) is 0 Å². The molecular weight excluding hydrogens is 284 g/mol. The van der Waals surface area contributed by atoms with Crippen LogP contribution in [0.3, 0.4) is 0 Å². The molecular formula is C17H27ClN2O. The van der Waals surface area contributed by atoms with Crippen molar-refractivity contribution in [3.63, 3.8) is 0 Å². The van der Waals surface area contributed by atoms with Crippen LogP contribution in [-0.4, -0.2) is 37.7 Å². The molecule has 0 aromatic heterocycles. The predicted octanol–water partition coefficient (Wildman–Crippen LogP) is 3.56. The molecule has 0 spiro atoms. The lowest BCUT2D eigenvalue weighted by Crippen LogP contribution is -2.46. The Morgan fingerprint density at radius 2 is 2.14 bits per heavy atom. The monoisotopic (exact) mass is 310 g/mol. The average Bonchev–Trinajstić information content (AvgIpc) is 2.64. The molecule has 1 aromatic carbocycles. The second-order valence-electron chi connectivity index (χ2n) is 6.92. The van der Waals surface area contributed by atoms with Crippen molar-refractivity contribution in [3.8, 4) is 5.75 Å². The zero-order chi connectivity index (χ0) is 15.5. The lowest BCUT2D eigenvalue weighted by atomic mass is 9.86. The summed E-state index contributed by atoms with van der Waals surface area (Å²) in [4.78, 5) is 2.50. The lowest BCUT2D eigenvalue weighted by molar-refractivity contribution is 0.191. The molecule has 3 nitrogen and oxygen atoms in total. The largest absolute Gasteiger partial charge is 0.496 e. The quantitative estimate of drug-likeness (QED) is 0.924. The molecule has 0 amide bonds. The van der Waals surface area contributed by atoms with Gasteiger partial charge in [-0.05, 0) is 43.1 Å². The van der Waals surface area contributed by atoms with Crippen molar-refractivity contribution < 1.29 is 4.74 Å². The van der Waals surface area contributed by atoms with Crippen molar-refractivity contribution >= 4 is 11.6 Å². The van der Waals surface area contributed by atoms with Crippen LogP contribution in [-0.2, 0) is 6.54 Å². The van der Waals surface area contributed by atoms with Gasteiger partial charge in [0.1, 0.15) is 5.75 Å². The van der Waals surface area contributed by atoms with E-state index in [1.54, 1.807) is 7.11 Å². The summed E-state index contributed by atoms with van der Waals surface area (Å²) in [7, 11) is 1.72. The number of benzene rings is 1. The normalized spacial score (nSPS) is 21.1. The van der Waals surface area contributed by atoms with Crippen molar-refractivity contribution in [2.24, 2.45) is 5.41 Å². The van der Waals surface area contributed by atoms with Gasteiger partial charge in [-0.2, -0.15) is 0 Å². The molecule has 0 radical (unpaired) electrons. The van der Waals surface area contributed by atoms with Crippen molar-refractivity contribution in [2.45, 2.75) is 39.8 Å². The van der Waals surface area contributed by atoms with Crippen molar-refractivity contribution in [1.82, 2.24) is 10.2 Å². The Kier molecular flexibility index (Phi) is 5.53. The van der Waals surface area contributed by atoms with E-state index in [2.05, 4.69) is 31.0 Å². The highest BCUT2D eigenvalue weighted by Gasteiger charge is 2.28. The van der Waals surface area contributed by atoms with Crippen LogP contribution in [0.15, 0.2) is 18.2 Å². The van der Waals surface area contributed by atoms with Crippen LogP contribution in [0.5, 0.6) is 5.75 Å². The van der Waals surface area contributed by atoms with E-state index in [0.717, 1.165) is 37.0 Å². The second kappa shape index (κ2) is 6.99. The lowest BCUT2D eigenvalue weighted by Gasteiger charge is -2.33. The fourth-order valence-electron chi connectivity index (χ4n) is 2.83. The molecule has 2 rings (SSSR count). The minimum Gasteiger partial charge on any atom is -0.496 e. The maximum absolute atomic E-state index is 6.14. The fraction of sp³-hybridized carbons (Fsp3) is 0.647. The summed E-state index contributed by atoms with van der Waals surface area (Å²) in [6.07, 6.45) is 1.18. The summed E-state index contributed by atoms with van der Waals surface area (Å²) >= 11 is 6.14. The van der Waals surface area contributed by atoms with Gasteiger partial charge >= 0.3 is 0 Å². The van der Waals surface area contributed by atoms with E-state index in [4.69, 9.17) is 16.3 Å². The first-order valence-electron chi connectivity index (χ1n) is 7.68. The zero-order valence-electron chi connectivity index (χ0n) is 13.6. The minimum atomic E-state index is 0.265. The number of rotatable bonds is 3. The van der Waals surface area contributed by atoms with Gasteiger partial charge in [0.05, 0.1) is 7.11 Å². The van der Waals surface area contributed by atoms with Crippen LogP contribution in [0.25, 0.3) is 0 Å². The molecule has 1 atom stereocenters. The number of ether oxygens (including phenoxy) is 1. The first-order chi connectivity index (χ1) is 9.90. The van der Waals surface area contributed by atoms with E-state index >= 15 is 0 Å². The molecule has 118 valence electrons. The Labute approximate surface area is 133 Å². The summed E-state index contributed by atoms with van der Waals surface area (Å²) < 4.78 is 5.47. The summed E-state index contributed by atoms with van der Waals surface area (Å²) in [6, 6.07) is 6.36. The molecule has 21 heavy (non-hydrogen) atoms. The van der Waals surface area contributed by atoms with Crippen molar-refractivity contribution in [2.75, 3.05) is 26.7 Å². The van der Waals surface area contributed by atoms with Crippen LogP contribution in [0.2, 0.25) is 5.02 Å². The van der Waals surface area contributed by atoms with E-state index in [1.165, 1.54) is 12.0 Å². The van der Waals surface area contributed by atoms with Gasteiger partial charge < -0.3 is 10.1 Å². The van der Waals surface area contributed by atoms with Crippen molar-refractivity contribution in [1.29, 1.82) is 0 Å². The highest BCUT2D eigenvalue weighted by molar-refractivity contribution is 6.30. The summed E-state index contributed by atoms with van der Waals surface area (Å²) in [5.74, 6) is 0.920. The maximum Gasteiger partial charge on any atom is 0.123 e. The van der Waals surface area contributed by atoms with E-state index in [0.29, 0.717) is 6.04 Å². The molecule has 0 aliphatic carbocycles. The summed E-state index contributed by atoms with van der Waals surface area (Å²) in [6.45, 7) is 11.0. The first kappa shape index (κ1) is 16.6. The van der Waals surface area contributed by atoms with E-state index < -0.39 is 0 Å². The van der Waals surface area contributed by atoms with Gasteiger partial charge in [0.15, 0.2) is 0 Å². The van der Waals surface area contributed by atoms with Gasteiger partial charge in [0, 0.05) is 29.7 Å². The standard InChI is InChI=1S/C17H27ClN2O/c1-17(2,3)16-12-20(9-5-8-19-16)11-13-10-14(18)6-7-15(13)21-4/h6-7,10,16,19H,5,8-9,11-12H2,1-4H3. The maximum atomic E-state index is 6.14. The van der Waals surface area contributed by atoms with Crippen LogP contribution >= 0.6 is 11.6 Å². The van der Waals surface area contributed by atoms with E-state index in [1.807, 2.05) is 18.2 Å². The molecule has 1 saturated heterocycles. The number of hydrogen-bond donors (Lipinski definition) is 1. The Balaban J connectivity index is 2.12. The van der Waals surface area contributed by atoms with Crippen LogP contribution in [0.1, 0.15) is 32.8 Å². The predicted molar refractivity (Wildman–Crippen MR) is 89.1 cm³/mol. The van der Waals surface area contributed by atoms with Gasteiger partial charge in [-0.1, -0.05) is 32.4 Å². The van der Waals surface area contributed by atoms with Crippen LogP contribution in [0, 0.1) is 5.41 Å². The molecule has 1 N–H and O–H groups in total. The average molecular weight is 311 g/mol. The molecule has 1 fully saturated rings. The smallest absolute Gasteiger partial charge is 0.123 e. The third-order valence-corrected chi connectivity index (χ3v) is 4.40. The molecule has 1 heterocycles. The Hall–Kier alpha value is -0.770. The van der Waals surface area contributed by atoms with Gasteiger partial charge in [-0.25, -0.2) is 0 Å². The van der Waals surface area contributed by atoms with Crippen molar-refractivity contribution in [3.05, 3.63) is 28.8 Å². The Morgan fingerprint density at radius 3 is 2.81 bits per heavy atom. The SMILES string of the molecule is COc1ccc(Cl)cc1CN1CCCNC(C(C)(C)C)C1. The molecule has 1 unspecified atom stereocenters. The minimum absolute atomic E-state index is 0.265. The third kappa shape index (κ3) is 4.60. The summed E-state index contributed by atoms with van der Waals surface area (Å²) in [5, 5.41) is 4.45. The van der Waals surface area contributed by atoms with E-state index in [-0.39, 0.29) is 5.41 Å². The second-order valence-corrected chi connectivity index (χ2v) is 7.35. The molecule has 1 aliphatic rings. The van der Waals surface area contributed by atoms with Gasteiger partial charge in [0.2, 0.25) is 0 Å². The molecule has 0 bridgehead atoms. The number of hydrogen-bond acceptors (Lipinski definition) is 3. The Morgan fingerprint density at radius 1 is 1.38 bits per heavy atom. The molecule has 0 saturated carbocycles. The summed E-state index contributed by atoms with van der Waals surface area (Å²) in [5.41, 5.74) is 1.43. The first-order valence-corrected chi connectivity index (χ1v) is 8.06. The number of nitrogens with zero attached hydrogens (tertiary/aromatic N) is 1. The van der Waals surface area contributed by atoms with Crippen LogP contribution < -0.4 is 10.1 Å². The number of methoxy groups -OCH3 is 1. The van der Waals surface area contributed by atoms with Crippen LogP contribution in [0.4, 0.5) is 0 Å². The highest BCUT2D eigenvalue weighted by atomic mass is 35.5. The Bertz CT molecular complexity index is 470. The zero-order valence-corrected chi connectivity index (χ0v) is 14.3.